The molecule has 2 aliphatic heterocycles. The highest BCUT2D eigenvalue weighted by Crippen LogP contribution is 2.29. The molecule has 3 fully saturated rings. The number of nitrogens with zero attached hydrogens (tertiary/aromatic N) is 2. The Bertz CT molecular complexity index is 375. The van der Waals surface area contributed by atoms with Crippen LogP contribution in [0.1, 0.15) is 38.5 Å². The quantitative estimate of drug-likeness (QED) is 0.801. The summed E-state index contributed by atoms with van der Waals surface area (Å²) in [7, 11) is 0. The van der Waals surface area contributed by atoms with Gasteiger partial charge < -0.3 is 5.32 Å². The van der Waals surface area contributed by atoms with Crippen LogP contribution in [-0.4, -0.2) is 60.4 Å². The maximum absolute atomic E-state index is 12.3. The molecule has 3 aliphatic rings. The number of hydrogen-bond acceptors (Lipinski definition) is 4. The molecule has 1 N–H and O–H groups in total. The highest BCUT2D eigenvalue weighted by atomic mass is 16.2. The molecule has 0 spiro atoms. The topological polar surface area (TPSA) is 52.7 Å². The Morgan fingerprint density at radius 1 is 1.25 bits per heavy atom. The van der Waals surface area contributed by atoms with Crippen LogP contribution < -0.4 is 5.32 Å². The number of hydrogen-bond donors (Lipinski definition) is 1. The van der Waals surface area contributed by atoms with Crippen LogP contribution in [0, 0.1) is 5.92 Å². The summed E-state index contributed by atoms with van der Waals surface area (Å²) in [4.78, 5) is 27.7. The lowest BCUT2D eigenvalue weighted by atomic mass is 9.97. The van der Waals surface area contributed by atoms with Gasteiger partial charge in [-0.25, -0.2) is 0 Å². The van der Waals surface area contributed by atoms with Crippen LogP contribution in [0.5, 0.6) is 0 Å². The Morgan fingerprint density at radius 2 is 2.00 bits per heavy atom. The van der Waals surface area contributed by atoms with Gasteiger partial charge in [-0.1, -0.05) is 0 Å². The summed E-state index contributed by atoms with van der Waals surface area (Å²) in [6.45, 7) is 4.30. The van der Waals surface area contributed by atoms with E-state index in [2.05, 4.69) is 10.2 Å². The molecule has 0 bridgehead atoms. The molecule has 0 unspecified atom stereocenters. The fraction of sp³-hybridized carbons (Fsp3) is 0.867. The van der Waals surface area contributed by atoms with Crippen LogP contribution >= 0.6 is 0 Å². The first-order valence-electron chi connectivity index (χ1n) is 8.02. The lowest BCUT2D eigenvalue weighted by molar-refractivity contribution is -0.142. The monoisotopic (exact) mass is 279 g/mol. The van der Waals surface area contributed by atoms with Gasteiger partial charge in [0.2, 0.25) is 11.8 Å². The minimum atomic E-state index is 0.0209. The number of piperidine rings is 1. The maximum atomic E-state index is 12.3. The van der Waals surface area contributed by atoms with Crippen molar-refractivity contribution < 1.29 is 9.59 Å². The summed E-state index contributed by atoms with van der Waals surface area (Å²) >= 11 is 0. The first kappa shape index (κ1) is 14.0. The molecular formula is C15H25N3O2. The molecule has 0 aromatic carbocycles. The van der Waals surface area contributed by atoms with Gasteiger partial charge in [0, 0.05) is 25.6 Å². The van der Waals surface area contributed by atoms with Gasteiger partial charge in [0.25, 0.3) is 0 Å². The van der Waals surface area contributed by atoms with E-state index in [-0.39, 0.29) is 11.8 Å². The van der Waals surface area contributed by atoms with Crippen molar-refractivity contribution in [2.24, 2.45) is 5.92 Å². The van der Waals surface area contributed by atoms with Gasteiger partial charge in [0.1, 0.15) is 0 Å². The smallest absolute Gasteiger partial charge is 0.243 e. The van der Waals surface area contributed by atoms with Crippen molar-refractivity contribution in [2.75, 3.05) is 32.7 Å². The van der Waals surface area contributed by atoms with Crippen molar-refractivity contribution in [3.05, 3.63) is 0 Å². The molecule has 2 heterocycles. The molecule has 3 rings (SSSR count). The van der Waals surface area contributed by atoms with E-state index in [1.807, 2.05) is 0 Å². The van der Waals surface area contributed by atoms with Crippen LogP contribution in [0.25, 0.3) is 0 Å². The number of rotatable bonds is 5. The van der Waals surface area contributed by atoms with E-state index in [0.29, 0.717) is 31.5 Å². The zero-order valence-electron chi connectivity index (χ0n) is 12.1. The average molecular weight is 279 g/mol. The van der Waals surface area contributed by atoms with E-state index in [0.717, 1.165) is 26.1 Å². The second-order valence-electron chi connectivity index (χ2n) is 6.40. The highest BCUT2D eigenvalue weighted by molar-refractivity contribution is 5.97. The van der Waals surface area contributed by atoms with Crippen LogP contribution in [0.3, 0.4) is 0 Å². The molecule has 0 aromatic heterocycles. The minimum absolute atomic E-state index is 0.0209. The summed E-state index contributed by atoms with van der Waals surface area (Å²) < 4.78 is 0. The van der Waals surface area contributed by atoms with Gasteiger partial charge in [0.05, 0.1) is 6.54 Å². The normalized spacial score (nSPS) is 24.6. The van der Waals surface area contributed by atoms with Crippen molar-refractivity contribution in [2.45, 2.75) is 44.6 Å². The molecule has 5 heteroatoms. The van der Waals surface area contributed by atoms with Gasteiger partial charge in [-0.15, -0.1) is 0 Å². The van der Waals surface area contributed by atoms with Crippen molar-refractivity contribution in [3.63, 3.8) is 0 Å². The van der Waals surface area contributed by atoms with Crippen molar-refractivity contribution in [3.8, 4) is 0 Å². The maximum Gasteiger partial charge on any atom is 0.243 e. The Kier molecular flexibility index (Phi) is 4.36. The minimum Gasteiger partial charge on any atom is -0.317 e. The first-order valence-corrected chi connectivity index (χ1v) is 8.02. The molecule has 20 heavy (non-hydrogen) atoms. The zero-order valence-corrected chi connectivity index (χ0v) is 12.1. The molecule has 5 nitrogen and oxygen atoms in total. The molecule has 0 aromatic rings. The molecule has 2 saturated heterocycles. The van der Waals surface area contributed by atoms with Crippen molar-refractivity contribution in [1.82, 2.24) is 15.1 Å². The second kappa shape index (κ2) is 6.22. The number of nitrogens with one attached hydrogen (secondary N) is 1. The Balaban J connectivity index is 1.53. The van der Waals surface area contributed by atoms with E-state index in [9.17, 15) is 9.59 Å². The van der Waals surface area contributed by atoms with E-state index in [1.54, 1.807) is 0 Å². The first-order chi connectivity index (χ1) is 9.74. The number of likely N-dealkylation sites (tertiary alicyclic amines) is 1. The zero-order chi connectivity index (χ0) is 13.9. The van der Waals surface area contributed by atoms with Crippen molar-refractivity contribution >= 4 is 11.8 Å². The van der Waals surface area contributed by atoms with E-state index >= 15 is 0 Å². The summed E-state index contributed by atoms with van der Waals surface area (Å²) in [6.07, 6.45) is 6.23. The predicted molar refractivity (Wildman–Crippen MR) is 76.1 cm³/mol. The standard InChI is InChI=1S/C15H25N3O2/c19-14-2-1-9-18(14)15(20)11-17(13-3-4-13)10-12-5-7-16-8-6-12/h12-13,16H,1-11H2. The van der Waals surface area contributed by atoms with E-state index < -0.39 is 0 Å². The predicted octanol–water partition coefficient (Wildman–Crippen LogP) is 0.599. The Labute approximate surface area is 120 Å². The van der Waals surface area contributed by atoms with Crippen LogP contribution in [-0.2, 0) is 9.59 Å². The van der Waals surface area contributed by atoms with Gasteiger partial charge in [0.15, 0.2) is 0 Å². The number of imide groups is 1. The molecule has 0 radical (unpaired) electrons. The van der Waals surface area contributed by atoms with E-state index in [4.69, 9.17) is 0 Å². The fourth-order valence-corrected chi connectivity index (χ4v) is 3.35. The SMILES string of the molecule is O=C1CCCN1C(=O)CN(CC1CCNCC1)C1CC1. The van der Waals surface area contributed by atoms with Crippen LogP contribution in [0.4, 0.5) is 0 Å². The summed E-state index contributed by atoms with van der Waals surface area (Å²) in [5.41, 5.74) is 0. The van der Waals surface area contributed by atoms with Gasteiger partial charge in [-0.2, -0.15) is 0 Å². The largest absolute Gasteiger partial charge is 0.317 e. The van der Waals surface area contributed by atoms with Crippen molar-refractivity contribution in [1.29, 1.82) is 0 Å². The molecule has 112 valence electrons. The van der Waals surface area contributed by atoms with Crippen LogP contribution in [0.2, 0.25) is 0 Å². The van der Waals surface area contributed by atoms with Crippen LogP contribution in [0.15, 0.2) is 0 Å². The lowest BCUT2D eigenvalue weighted by Gasteiger charge is -2.30. The molecule has 0 atom stereocenters. The lowest BCUT2D eigenvalue weighted by Crippen LogP contribution is -2.44. The Hall–Kier alpha value is -0.940. The molecule has 2 amide bonds. The Morgan fingerprint density at radius 3 is 2.60 bits per heavy atom. The highest BCUT2D eigenvalue weighted by Gasteiger charge is 2.34. The third kappa shape index (κ3) is 3.38. The second-order valence-corrected chi connectivity index (χ2v) is 6.40. The number of amides is 2. The third-order valence-electron chi connectivity index (χ3n) is 4.73. The number of carbonyl (C=O) groups excluding carboxylic acids is 2. The third-order valence-corrected chi connectivity index (χ3v) is 4.73. The average Bonchev–Trinajstić information content (AvgIpc) is 3.21. The van der Waals surface area contributed by atoms with Gasteiger partial charge >= 0.3 is 0 Å². The number of carbonyl (C=O) groups is 2. The van der Waals surface area contributed by atoms with E-state index in [1.165, 1.54) is 30.6 Å². The molecular weight excluding hydrogens is 254 g/mol. The summed E-state index contributed by atoms with van der Waals surface area (Å²) in [6, 6.07) is 0.589. The van der Waals surface area contributed by atoms with Gasteiger partial charge in [-0.3, -0.25) is 19.4 Å². The summed E-state index contributed by atoms with van der Waals surface area (Å²) in [5.74, 6) is 0.750. The molecule has 1 aliphatic carbocycles. The van der Waals surface area contributed by atoms with Gasteiger partial charge in [-0.05, 0) is 51.1 Å². The summed E-state index contributed by atoms with van der Waals surface area (Å²) in [5, 5.41) is 3.39. The fourth-order valence-electron chi connectivity index (χ4n) is 3.35. The molecule has 1 saturated carbocycles.